The smallest absolute Gasteiger partial charge is 0.268 e. The van der Waals surface area contributed by atoms with Crippen molar-refractivity contribution in [2.75, 3.05) is 40.9 Å². The Balaban J connectivity index is 3.92. The highest BCUT2D eigenvalue weighted by molar-refractivity contribution is 7.45. The fourth-order valence-electron chi connectivity index (χ4n) is 6.90. The van der Waals surface area contributed by atoms with Crippen molar-refractivity contribution in [1.29, 1.82) is 0 Å². The summed E-state index contributed by atoms with van der Waals surface area (Å²) in [4.78, 5) is 25.2. The van der Waals surface area contributed by atoms with Gasteiger partial charge < -0.3 is 28.8 Å². The van der Waals surface area contributed by atoms with Crippen LogP contribution < -0.4 is 10.2 Å². The van der Waals surface area contributed by atoms with Gasteiger partial charge in [0.25, 0.3) is 7.82 Å². The van der Waals surface area contributed by atoms with E-state index in [4.69, 9.17) is 9.05 Å². The highest BCUT2D eigenvalue weighted by atomic mass is 31.2. The minimum atomic E-state index is -4.56. The standard InChI is InChI=1S/C54H97N2O6P/c1-6-8-10-12-14-15-16-17-18-19-20-21-22-23-24-25-26-27-28-29-30-31-32-33-34-35-36-37-38-39-40-41-42-44-46-48-54(58)55-52(53(57)47-45-43-13-11-9-7-2)51-62-63(59,60)61-50-49-56(3,4)5/h8,10,14-15,17-18,20-21,23-24,26-27,29-30,52-53,57H,6-7,9,11-13,16,19,22,25,28,31-51H2,1-5H3,(H-,55,58,59,60)/b10-8-,15-14-,18-17-,21-20-,24-23-,27-26-,30-29-. The Hall–Kier alpha value is -2.32. The lowest BCUT2D eigenvalue weighted by Gasteiger charge is -2.30. The Bertz CT molecular complexity index is 1300. The number of amides is 1. The number of aliphatic hydroxyl groups is 1. The number of aliphatic hydroxyl groups excluding tert-OH is 1. The molecule has 0 fully saturated rings. The van der Waals surface area contributed by atoms with Gasteiger partial charge in [0, 0.05) is 6.42 Å². The normalized spacial score (nSPS) is 14.8. The molecule has 0 spiro atoms. The van der Waals surface area contributed by atoms with Crippen LogP contribution in [-0.2, 0) is 18.4 Å². The van der Waals surface area contributed by atoms with E-state index >= 15 is 0 Å². The molecule has 0 aromatic heterocycles. The van der Waals surface area contributed by atoms with Gasteiger partial charge in [0.1, 0.15) is 13.2 Å². The highest BCUT2D eigenvalue weighted by Gasteiger charge is 2.24. The molecule has 0 aliphatic rings. The Morgan fingerprint density at radius 3 is 1.41 bits per heavy atom. The van der Waals surface area contributed by atoms with E-state index in [9.17, 15) is 19.4 Å². The number of carbonyl (C=O) groups is 1. The van der Waals surface area contributed by atoms with Crippen LogP contribution in [0.1, 0.15) is 200 Å². The SMILES string of the molecule is CC/C=C\C/C=C\C/C=C\C/C=C\C/C=C\C/C=C\C/C=C\CCCCCCCCCCCCCCCC(=O)NC(COP(=O)([O-])OCC[N+](C)(C)C)C(O)CCCCCCCC. The van der Waals surface area contributed by atoms with E-state index < -0.39 is 20.0 Å². The zero-order valence-corrected chi connectivity index (χ0v) is 42.1. The van der Waals surface area contributed by atoms with Gasteiger partial charge in [-0.25, -0.2) is 0 Å². The molecule has 0 saturated carbocycles. The summed E-state index contributed by atoms with van der Waals surface area (Å²) in [5, 5.41) is 13.8. The summed E-state index contributed by atoms with van der Waals surface area (Å²) in [7, 11) is 1.29. The second-order valence-corrected chi connectivity index (χ2v) is 19.6. The van der Waals surface area contributed by atoms with Crippen molar-refractivity contribution in [2.24, 2.45) is 0 Å². The maximum Gasteiger partial charge on any atom is 0.268 e. The van der Waals surface area contributed by atoms with Crippen LogP contribution in [-0.4, -0.2) is 68.5 Å². The highest BCUT2D eigenvalue weighted by Crippen LogP contribution is 2.38. The van der Waals surface area contributed by atoms with Gasteiger partial charge in [0.15, 0.2) is 0 Å². The molecule has 0 aliphatic heterocycles. The molecule has 3 atom stereocenters. The third-order valence-corrected chi connectivity index (χ3v) is 11.9. The third kappa shape index (κ3) is 47.5. The topological polar surface area (TPSA) is 108 Å². The fourth-order valence-corrected chi connectivity index (χ4v) is 7.62. The monoisotopic (exact) mass is 901 g/mol. The van der Waals surface area contributed by atoms with Gasteiger partial charge in [-0.3, -0.25) is 9.36 Å². The average Bonchev–Trinajstić information content (AvgIpc) is 3.24. The van der Waals surface area contributed by atoms with Gasteiger partial charge in [-0.05, 0) is 70.6 Å². The van der Waals surface area contributed by atoms with Crippen molar-refractivity contribution >= 4 is 13.7 Å². The first-order valence-corrected chi connectivity index (χ1v) is 26.9. The van der Waals surface area contributed by atoms with E-state index in [1.54, 1.807) is 0 Å². The first kappa shape index (κ1) is 60.7. The molecule has 2 N–H and O–H groups in total. The molecule has 0 radical (unpaired) electrons. The first-order chi connectivity index (χ1) is 30.5. The van der Waals surface area contributed by atoms with Gasteiger partial charge in [-0.15, -0.1) is 0 Å². The number of phosphoric acid groups is 1. The van der Waals surface area contributed by atoms with Gasteiger partial charge >= 0.3 is 0 Å². The minimum Gasteiger partial charge on any atom is -0.756 e. The zero-order valence-electron chi connectivity index (χ0n) is 41.2. The van der Waals surface area contributed by atoms with Crippen LogP contribution >= 0.6 is 7.82 Å². The number of hydrogen-bond donors (Lipinski definition) is 2. The number of hydrogen-bond acceptors (Lipinski definition) is 6. The molecule has 0 aromatic rings. The van der Waals surface area contributed by atoms with E-state index in [0.29, 0.717) is 23.9 Å². The number of rotatable bonds is 45. The van der Waals surface area contributed by atoms with Crippen LogP contribution in [0.15, 0.2) is 85.1 Å². The number of quaternary nitrogens is 1. The maximum absolute atomic E-state index is 12.8. The van der Waals surface area contributed by atoms with Gasteiger partial charge in [-0.1, -0.05) is 208 Å². The number of carbonyl (C=O) groups excluding carboxylic acids is 1. The lowest BCUT2D eigenvalue weighted by molar-refractivity contribution is -0.870. The molecule has 8 nitrogen and oxygen atoms in total. The molecular formula is C54H97N2O6P. The van der Waals surface area contributed by atoms with E-state index in [1.165, 1.54) is 89.9 Å². The van der Waals surface area contributed by atoms with Gasteiger partial charge in [0.05, 0.1) is 39.9 Å². The minimum absolute atomic E-state index is 0.00834. The number of unbranched alkanes of at least 4 members (excludes halogenated alkanes) is 18. The van der Waals surface area contributed by atoms with Crippen molar-refractivity contribution < 1.29 is 32.9 Å². The van der Waals surface area contributed by atoms with Crippen LogP contribution in [0.4, 0.5) is 0 Å². The summed E-state index contributed by atoms with van der Waals surface area (Å²) in [6, 6.07) is -0.801. The molecule has 0 bridgehead atoms. The average molecular weight is 901 g/mol. The van der Waals surface area contributed by atoms with Gasteiger partial charge in [-0.2, -0.15) is 0 Å². The largest absolute Gasteiger partial charge is 0.756 e. The van der Waals surface area contributed by atoms with E-state index in [0.717, 1.165) is 83.5 Å². The summed E-state index contributed by atoms with van der Waals surface area (Å²) in [6.07, 6.45) is 62.2. The number of nitrogens with zero attached hydrogens (tertiary/aromatic N) is 1. The van der Waals surface area contributed by atoms with E-state index in [1.807, 2.05) is 21.1 Å². The molecule has 1 amide bonds. The van der Waals surface area contributed by atoms with E-state index in [-0.39, 0.29) is 19.1 Å². The van der Waals surface area contributed by atoms with Crippen LogP contribution in [0.3, 0.4) is 0 Å². The van der Waals surface area contributed by atoms with E-state index in [2.05, 4.69) is 104 Å². The molecule has 0 rings (SSSR count). The summed E-state index contributed by atoms with van der Waals surface area (Å²) >= 11 is 0. The number of likely N-dealkylation sites (N-methyl/N-ethyl adjacent to an activating group) is 1. The third-order valence-electron chi connectivity index (χ3n) is 10.9. The summed E-state index contributed by atoms with van der Waals surface area (Å²) in [6.45, 7) is 4.52. The van der Waals surface area contributed by atoms with Crippen molar-refractivity contribution in [3.63, 3.8) is 0 Å². The predicted octanol–water partition coefficient (Wildman–Crippen LogP) is 14.3. The molecule has 364 valence electrons. The first-order valence-electron chi connectivity index (χ1n) is 25.4. The van der Waals surface area contributed by atoms with Crippen molar-refractivity contribution in [3.05, 3.63) is 85.1 Å². The van der Waals surface area contributed by atoms with Crippen LogP contribution in [0.25, 0.3) is 0 Å². The Labute approximate surface area is 388 Å². The van der Waals surface area contributed by atoms with Crippen LogP contribution in [0.5, 0.6) is 0 Å². The maximum atomic E-state index is 12.8. The quantitative estimate of drug-likeness (QED) is 0.0273. The van der Waals surface area contributed by atoms with Crippen molar-refractivity contribution in [3.8, 4) is 0 Å². The van der Waals surface area contributed by atoms with Crippen LogP contribution in [0, 0.1) is 0 Å². The fraction of sp³-hybridized carbons (Fsp3) is 0.722. The summed E-state index contributed by atoms with van der Waals surface area (Å²) in [5.74, 6) is -0.175. The Morgan fingerprint density at radius 2 is 0.968 bits per heavy atom. The lowest BCUT2D eigenvalue weighted by atomic mass is 10.0. The molecule has 63 heavy (non-hydrogen) atoms. The zero-order chi connectivity index (χ0) is 46.4. The summed E-state index contributed by atoms with van der Waals surface area (Å²) < 4.78 is 23.1. The van der Waals surface area contributed by atoms with Crippen molar-refractivity contribution in [2.45, 2.75) is 212 Å². The predicted molar refractivity (Wildman–Crippen MR) is 270 cm³/mol. The molecular weight excluding hydrogens is 804 g/mol. The van der Waals surface area contributed by atoms with Crippen LogP contribution in [0.2, 0.25) is 0 Å². The Kier molecular flexibility index (Phi) is 43.2. The molecule has 9 heteroatoms. The summed E-state index contributed by atoms with van der Waals surface area (Å²) in [5.41, 5.74) is 0. The molecule has 0 heterocycles. The lowest BCUT2D eigenvalue weighted by Crippen LogP contribution is -2.46. The van der Waals surface area contributed by atoms with Crippen molar-refractivity contribution in [1.82, 2.24) is 5.32 Å². The molecule has 0 aliphatic carbocycles. The van der Waals surface area contributed by atoms with Gasteiger partial charge in [0.2, 0.25) is 5.91 Å². The number of nitrogens with one attached hydrogen (secondary N) is 1. The molecule has 0 saturated heterocycles. The second-order valence-electron chi connectivity index (χ2n) is 18.1. The number of allylic oxidation sites excluding steroid dienone is 14. The Morgan fingerprint density at radius 1 is 0.571 bits per heavy atom. The second kappa shape index (κ2) is 44.9. The molecule has 3 unspecified atom stereocenters. The number of phosphoric ester groups is 1. The molecule has 0 aromatic carbocycles.